The van der Waals surface area contributed by atoms with Gasteiger partial charge in [-0.3, -0.25) is 0 Å². The van der Waals surface area contributed by atoms with E-state index < -0.39 is 15.6 Å². The van der Waals surface area contributed by atoms with Crippen molar-refractivity contribution < 1.29 is 17.9 Å². The Morgan fingerprint density at radius 2 is 1.74 bits per heavy atom. The van der Waals surface area contributed by atoms with Crippen molar-refractivity contribution in [3.63, 3.8) is 0 Å². The van der Waals surface area contributed by atoms with Crippen LogP contribution in [0.15, 0.2) is 47.4 Å². The van der Waals surface area contributed by atoms with Crippen LogP contribution in [0.25, 0.3) is 6.08 Å². The maximum absolute atomic E-state index is 13.2. The molecule has 0 saturated carbocycles. The lowest BCUT2D eigenvalue weighted by Crippen LogP contribution is -2.30. The van der Waals surface area contributed by atoms with Gasteiger partial charge < -0.3 is 4.74 Å². The van der Waals surface area contributed by atoms with E-state index in [1.165, 1.54) is 6.08 Å². The van der Waals surface area contributed by atoms with E-state index in [1.807, 2.05) is 58.9 Å². The number of carbonyl (C=O) groups excluding carboxylic acids is 1. The molecule has 0 bridgehead atoms. The van der Waals surface area contributed by atoms with Crippen LogP contribution in [0.4, 0.5) is 0 Å². The second kappa shape index (κ2) is 8.97. The van der Waals surface area contributed by atoms with Crippen LogP contribution in [-0.2, 0) is 32.5 Å². The summed E-state index contributed by atoms with van der Waals surface area (Å²) in [7, 11) is -3.57. The summed E-state index contributed by atoms with van der Waals surface area (Å²) >= 11 is 0. The minimum absolute atomic E-state index is 0.318. The van der Waals surface area contributed by atoms with E-state index in [0.29, 0.717) is 18.0 Å². The average Bonchev–Trinajstić information content (AvgIpc) is 2.89. The van der Waals surface area contributed by atoms with Crippen LogP contribution in [0, 0.1) is 13.8 Å². The van der Waals surface area contributed by atoms with E-state index in [-0.39, 0.29) is 5.97 Å². The second-order valence-electron chi connectivity index (χ2n) is 9.06. The number of rotatable bonds is 4. The number of carbonyl (C=O) groups is 1. The molecule has 31 heavy (non-hydrogen) atoms. The minimum atomic E-state index is -3.57. The van der Waals surface area contributed by atoms with E-state index in [9.17, 15) is 13.2 Å². The van der Waals surface area contributed by atoms with Crippen molar-refractivity contribution in [2.24, 2.45) is 0 Å². The molecule has 0 spiro atoms. The topological polar surface area (TPSA) is 63.7 Å². The van der Waals surface area contributed by atoms with Crippen LogP contribution in [0.5, 0.6) is 0 Å². The third-order valence-electron chi connectivity index (χ3n) is 5.30. The predicted octanol–water partition coefficient (Wildman–Crippen LogP) is 4.80. The van der Waals surface area contributed by atoms with Gasteiger partial charge in [-0.25, -0.2) is 13.2 Å². The summed E-state index contributed by atoms with van der Waals surface area (Å²) in [5, 5.41) is 0. The summed E-state index contributed by atoms with van der Waals surface area (Å²) < 4.78 is 33.4. The molecule has 3 rings (SSSR count). The molecule has 0 amide bonds. The van der Waals surface area contributed by atoms with Crippen LogP contribution >= 0.6 is 0 Å². The Morgan fingerprint density at radius 3 is 2.39 bits per heavy atom. The number of benzene rings is 2. The zero-order chi connectivity index (χ0) is 22.8. The van der Waals surface area contributed by atoms with Gasteiger partial charge in [-0.15, -0.1) is 0 Å². The lowest BCUT2D eigenvalue weighted by atomic mass is 9.93. The molecule has 166 valence electrons. The molecule has 2 aromatic rings. The van der Waals surface area contributed by atoms with Crippen molar-refractivity contribution in [1.29, 1.82) is 0 Å². The van der Waals surface area contributed by atoms with E-state index >= 15 is 0 Å². The molecule has 0 aromatic heterocycles. The van der Waals surface area contributed by atoms with Gasteiger partial charge >= 0.3 is 5.97 Å². The van der Waals surface area contributed by atoms with Gasteiger partial charge in [-0.05, 0) is 87.9 Å². The number of ether oxygens (including phenoxy) is 1. The Bertz CT molecular complexity index is 1090. The number of fused-ring (bicyclic) bond motifs is 1. The maximum Gasteiger partial charge on any atom is 0.331 e. The van der Waals surface area contributed by atoms with Crippen LogP contribution in [-0.4, -0.2) is 30.8 Å². The first-order valence-corrected chi connectivity index (χ1v) is 12.0. The molecule has 6 heteroatoms. The molecule has 1 aliphatic heterocycles. The molecule has 0 fully saturated rings. The molecule has 0 N–H and O–H groups in total. The molecule has 0 radical (unpaired) electrons. The van der Waals surface area contributed by atoms with Gasteiger partial charge in [0.05, 0.1) is 4.90 Å². The molecule has 0 atom stereocenters. The van der Waals surface area contributed by atoms with Gasteiger partial charge in [0.15, 0.2) is 0 Å². The van der Waals surface area contributed by atoms with Crippen molar-refractivity contribution in [3.05, 3.63) is 70.3 Å². The van der Waals surface area contributed by atoms with Gasteiger partial charge in [0.1, 0.15) is 5.60 Å². The lowest BCUT2D eigenvalue weighted by molar-refractivity contribution is -0.148. The molecule has 0 unspecified atom stereocenters. The summed E-state index contributed by atoms with van der Waals surface area (Å²) in [5.74, 6) is -0.387. The number of nitrogens with zero attached hydrogens (tertiary/aromatic N) is 1. The number of sulfonamides is 1. The van der Waals surface area contributed by atoms with Gasteiger partial charge in [0.2, 0.25) is 10.0 Å². The monoisotopic (exact) mass is 441 g/mol. The highest BCUT2D eigenvalue weighted by Gasteiger charge is 2.28. The Balaban J connectivity index is 1.91. The zero-order valence-electron chi connectivity index (χ0n) is 18.9. The minimum Gasteiger partial charge on any atom is -0.457 e. The Morgan fingerprint density at radius 1 is 1.06 bits per heavy atom. The van der Waals surface area contributed by atoms with E-state index in [1.54, 1.807) is 22.5 Å². The van der Waals surface area contributed by atoms with Crippen molar-refractivity contribution >= 4 is 22.1 Å². The second-order valence-corrected chi connectivity index (χ2v) is 11.0. The highest BCUT2D eigenvalue weighted by molar-refractivity contribution is 7.89. The highest BCUT2D eigenvalue weighted by Crippen LogP contribution is 2.29. The van der Waals surface area contributed by atoms with Crippen molar-refractivity contribution in [3.8, 4) is 0 Å². The third kappa shape index (κ3) is 5.63. The van der Waals surface area contributed by atoms with Crippen molar-refractivity contribution in [2.75, 3.05) is 6.54 Å². The molecular formula is C25H31NO4S. The fourth-order valence-corrected chi connectivity index (χ4v) is 5.21. The fraction of sp³-hybridized carbons (Fsp3) is 0.400. The fourth-order valence-electron chi connectivity index (χ4n) is 3.76. The van der Waals surface area contributed by atoms with Gasteiger partial charge in [-0.2, -0.15) is 4.31 Å². The summed E-state index contributed by atoms with van der Waals surface area (Å²) in [5.41, 5.74) is 4.57. The standard InChI is InChI=1S/C25H31NO4S/c1-18-8-12-21(13-9-18)31(28,29)26-16-6-7-23-20(17-26)11-10-19(2)22(23)14-15-24(27)30-25(3,4)5/h8-15H,6-7,16-17H2,1-5H3/b15-14+. The molecular weight excluding hydrogens is 410 g/mol. The summed E-state index contributed by atoms with van der Waals surface area (Å²) in [4.78, 5) is 12.5. The highest BCUT2D eigenvalue weighted by atomic mass is 32.2. The number of hydrogen-bond acceptors (Lipinski definition) is 4. The molecule has 1 heterocycles. The molecule has 5 nitrogen and oxygen atoms in total. The number of esters is 1. The lowest BCUT2D eigenvalue weighted by Gasteiger charge is -2.21. The SMILES string of the molecule is Cc1ccc(S(=O)(=O)N2CCCc3c(ccc(C)c3/C=C/C(=O)OC(C)(C)C)C2)cc1. The average molecular weight is 442 g/mol. The summed E-state index contributed by atoms with van der Waals surface area (Å²) in [6, 6.07) is 11.0. The predicted molar refractivity (Wildman–Crippen MR) is 123 cm³/mol. The van der Waals surface area contributed by atoms with Crippen molar-refractivity contribution in [2.45, 2.75) is 64.5 Å². The van der Waals surface area contributed by atoms with E-state index in [2.05, 4.69) is 0 Å². The zero-order valence-corrected chi connectivity index (χ0v) is 19.8. The first-order chi connectivity index (χ1) is 14.5. The van der Waals surface area contributed by atoms with Crippen molar-refractivity contribution in [1.82, 2.24) is 4.31 Å². The third-order valence-corrected chi connectivity index (χ3v) is 7.16. The first-order valence-electron chi connectivity index (χ1n) is 10.6. The molecule has 0 aliphatic carbocycles. The van der Waals surface area contributed by atoms with E-state index in [4.69, 9.17) is 4.74 Å². The van der Waals surface area contributed by atoms with Gasteiger partial charge in [-0.1, -0.05) is 29.8 Å². The summed E-state index contributed by atoms with van der Waals surface area (Å²) in [6.07, 6.45) is 4.73. The Hall–Kier alpha value is -2.44. The van der Waals surface area contributed by atoms with Crippen LogP contribution in [0.1, 0.15) is 55.0 Å². The molecule has 2 aromatic carbocycles. The Labute approximate surface area is 185 Å². The first kappa shape index (κ1) is 23.2. The quantitative estimate of drug-likeness (QED) is 0.505. The molecule has 1 aliphatic rings. The smallest absolute Gasteiger partial charge is 0.331 e. The van der Waals surface area contributed by atoms with Crippen LogP contribution in [0.2, 0.25) is 0 Å². The van der Waals surface area contributed by atoms with Crippen LogP contribution < -0.4 is 0 Å². The maximum atomic E-state index is 13.2. The molecule has 0 saturated heterocycles. The van der Waals surface area contributed by atoms with Gasteiger partial charge in [0.25, 0.3) is 0 Å². The van der Waals surface area contributed by atoms with Crippen LogP contribution in [0.3, 0.4) is 0 Å². The number of aryl methyl sites for hydroxylation is 2. The Kier molecular flexibility index (Phi) is 6.72. The largest absolute Gasteiger partial charge is 0.457 e. The number of hydrogen-bond donors (Lipinski definition) is 0. The van der Waals surface area contributed by atoms with E-state index in [0.717, 1.165) is 40.7 Å². The van der Waals surface area contributed by atoms with Gasteiger partial charge in [0, 0.05) is 19.2 Å². The summed E-state index contributed by atoms with van der Waals surface area (Å²) in [6.45, 7) is 10.2. The normalized spacial score (nSPS) is 15.5.